The van der Waals surface area contributed by atoms with Crippen molar-refractivity contribution in [2.24, 2.45) is 10.8 Å². The zero-order valence-corrected chi connectivity index (χ0v) is 11.4. The van der Waals surface area contributed by atoms with Crippen LogP contribution in [0, 0.1) is 0 Å². The second-order valence-electron chi connectivity index (χ2n) is 4.35. The van der Waals surface area contributed by atoms with Crippen molar-refractivity contribution in [2.75, 3.05) is 37.0 Å². The molecule has 1 heterocycles. The van der Waals surface area contributed by atoms with Crippen LogP contribution in [0.1, 0.15) is 6.42 Å². The SMILES string of the molecule is COCCCN=C(NN)N1CC(=O)Nc2ccccc21. The number of ether oxygens (including phenoxy) is 1. The fourth-order valence-corrected chi connectivity index (χ4v) is 2.02. The fraction of sp³-hybridized carbons (Fsp3) is 0.385. The number of amides is 1. The summed E-state index contributed by atoms with van der Waals surface area (Å²) in [5.74, 6) is 5.92. The van der Waals surface area contributed by atoms with Crippen molar-refractivity contribution in [2.45, 2.75) is 6.42 Å². The first-order valence-corrected chi connectivity index (χ1v) is 6.42. The van der Waals surface area contributed by atoms with Gasteiger partial charge in [-0.15, -0.1) is 0 Å². The Morgan fingerprint density at radius 1 is 1.55 bits per heavy atom. The van der Waals surface area contributed by atoms with Gasteiger partial charge in [-0.05, 0) is 18.6 Å². The predicted octanol–water partition coefficient (Wildman–Crippen LogP) is 0.301. The molecule has 1 amide bonds. The number of methoxy groups -OCH3 is 1. The molecular weight excluding hydrogens is 258 g/mol. The average Bonchev–Trinajstić information content (AvgIpc) is 2.47. The number of hydrogen-bond donors (Lipinski definition) is 3. The Bertz CT molecular complexity index is 503. The monoisotopic (exact) mass is 277 g/mol. The third kappa shape index (κ3) is 3.25. The number of nitrogens with zero attached hydrogens (tertiary/aromatic N) is 2. The summed E-state index contributed by atoms with van der Waals surface area (Å²) in [7, 11) is 1.65. The van der Waals surface area contributed by atoms with E-state index in [1.54, 1.807) is 12.0 Å². The van der Waals surface area contributed by atoms with Crippen LogP contribution < -0.4 is 21.5 Å². The molecule has 0 radical (unpaired) electrons. The lowest BCUT2D eigenvalue weighted by Gasteiger charge is -2.31. The third-order valence-corrected chi connectivity index (χ3v) is 2.92. The number of nitrogens with two attached hydrogens (primary N) is 1. The van der Waals surface area contributed by atoms with Crippen LogP contribution in [-0.4, -0.2) is 38.7 Å². The van der Waals surface area contributed by atoms with Gasteiger partial charge in [-0.25, -0.2) is 5.84 Å². The quantitative estimate of drug-likeness (QED) is 0.242. The van der Waals surface area contributed by atoms with Crippen molar-refractivity contribution < 1.29 is 9.53 Å². The number of carbonyl (C=O) groups is 1. The summed E-state index contributed by atoms with van der Waals surface area (Å²) in [6, 6.07) is 7.53. The molecule has 1 aliphatic heterocycles. The Hall–Kier alpha value is -2.12. The molecule has 0 saturated carbocycles. The van der Waals surface area contributed by atoms with E-state index in [-0.39, 0.29) is 12.5 Å². The van der Waals surface area contributed by atoms with Crippen LogP contribution in [-0.2, 0) is 9.53 Å². The van der Waals surface area contributed by atoms with Crippen LogP contribution in [0.3, 0.4) is 0 Å². The summed E-state index contributed by atoms with van der Waals surface area (Å²) in [4.78, 5) is 17.9. The molecule has 0 bridgehead atoms. The number of hydrazine groups is 1. The molecule has 7 heteroatoms. The minimum atomic E-state index is -0.0939. The van der Waals surface area contributed by atoms with E-state index < -0.39 is 0 Å². The first kappa shape index (κ1) is 14.3. The minimum Gasteiger partial charge on any atom is -0.385 e. The normalized spacial score (nSPS) is 14.8. The van der Waals surface area contributed by atoms with Crippen LogP contribution in [0.5, 0.6) is 0 Å². The molecule has 0 saturated heterocycles. The highest BCUT2D eigenvalue weighted by atomic mass is 16.5. The molecule has 7 nitrogen and oxygen atoms in total. The third-order valence-electron chi connectivity index (χ3n) is 2.92. The van der Waals surface area contributed by atoms with Crippen molar-refractivity contribution in [1.82, 2.24) is 5.43 Å². The topological polar surface area (TPSA) is 92.0 Å². The molecule has 0 aromatic heterocycles. The first-order valence-electron chi connectivity index (χ1n) is 6.42. The highest BCUT2D eigenvalue weighted by molar-refractivity contribution is 6.10. The lowest BCUT2D eigenvalue weighted by molar-refractivity contribution is -0.115. The van der Waals surface area contributed by atoms with Crippen molar-refractivity contribution in [3.05, 3.63) is 24.3 Å². The average molecular weight is 277 g/mol. The van der Waals surface area contributed by atoms with Gasteiger partial charge in [0.2, 0.25) is 11.9 Å². The van der Waals surface area contributed by atoms with Gasteiger partial charge in [-0.3, -0.25) is 15.2 Å². The van der Waals surface area contributed by atoms with Crippen LogP contribution in [0.4, 0.5) is 11.4 Å². The maximum absolute atomic E-state index is 11.7. The lowest BCUT2D eigenvalue weighted by atomic mass is 10.2. The highest BCUT2D eigenvalue weighted by Gasteiger charge is 2.24. The Morgan fingerprint density at radius 3 is 3.10 bits per heavy atom. The first-order chi connectivity index (χ1) is 9.76. The molecule has 1 aromatic rings. The molecule has 0 spiro atoms. The zero-order valence-electron chi connectivity index (χ0n) is 11.4. The molecular formula is C13H19N5O2. The second kappa shape index (κ2) is 6.88. The largest absolute Gasteiger partial charge is 0.385 e. The number of carbonyl (C=O) groups excluding carboxylic acids is 1. The standard InChI is InChI=1S/C13H19N5O2/c1-20-8-4-7-15-13(17-14)18-9-12(19)16-10-5-2-3-6-11(10)18/h2-3,5-6H,4,7-9,14H2,1H3,(H,15,17)(H,16,19). The summed E-state index contributed by atoms with van der Waals surface area (Å²) in [5, 5.41) is 2.82. The predicted molar refractivity (Wildman–Crippen MR) is 78.5 cm³/mol. The number of guanidine groups is 1. The van der Waals surface area contributed by atoms with Crippen molar-refractivity contribution >= 4 is 23.2 Å². The van der Waals surface area contributed by atoms with Crippen molar-refractivity contribution in [1.29, 1.82) is 0 Å². The number of aliphatic imine (C=N–C) groups is 1. The number of rotatable bonds is 4. The van der Waals surface area contributed by atoms with Crippen LogP contribution in [0.15, 0.2) is 29.3 Å². The van der Waals surface area contributed by atoms with E-state index in [0.29, 0.717) is 19.1 Å². The molecule has 0 aliphatic carbocycles. The van der Waals surface area contributed by atoms with Gasteiger partial charge in [0.25, 0.3) is 0 Å². The lowest BCUT2D eigenvalue weighted by Crippen LogP contribution is -2.50. The van der Waals surface area contributed by atoms with E-state index >= 15 is 0 Å². The van der Waals surface area contributed by atoms with Crippen molar-refractivity contribution in [3.8, 4) is 0 Å². The van der Waals surface area contributed by atoms with Gasteiger partial charge in [0.05, 0.1) is 11.4 Å². The summed E-state index contributed by atoms with van der Waals surface area (Å²) in [6.07, 6.45) is 0.795. The van der Waals surface area contributed by atoms with Crippen LogP contribution >= 0.6 is 0 Å². The van der Waals surface area contributed by atoms with Gasteiger partial charge in [0.15, 0.2) is 0 Å². The van der Waals surface area contributed by atoms with Crippen LogP contribution in [0.25, 0.3) is 0 Å². The number of nitrogens with one attached hydrogen (secondary N) is 2. The summed E-state index contributed by atoms with van der Waals surface area (Å²) >= 11 is 0. The van der Waals surface area contributed by atoms with Gasteiger partial charge in [0, 0.05) is 20.3 Å². The summed E-state index contributed by atoms with van der Waals surface area (Å²) in [5.41, 5.74) is 4.19. The molecule has 2 rings (SSSR count). The van der Waals surface area contributed by atoms with E-state index in [2.05, 4.69) is 15.7 Å². The Morgan fingerprint density at radius 2 is 2.35 bits per heavy atom. The maximum Gasteiger partial charge on any atom is 0.244 e. The molecule has 0 atom stereocenters. The van der Waals surface area contributed by atoms with Crippen LogP contribution in [0.2, 0.25) is 0 Å². The van der Waals surface area contributed by atoms with E-state index in [0.717, 1.165) is 17.8 Å². The Balaban J connectivity index is 2.19. The van der Waals surface area contributed by atoms with Gasteiger partial charge >= 0.3 is 0 Å². The number of fused-ring (bicyclic) bond motifs is 1. The summed E-state index contributed by atoms with van der Waals surface area (Å²) in [6.45, 7) is 1.40. The van der Waals surface area contributed by atoms with E-state index in [1.807, 2.05) is 24.3 Å². The zero-order chi connectivity index (χ0) is 14.4. The molecule has 0 fully saturated rings. The molecule has 4 N–H and O–H groups in total. The fourth-order valence-electron chi connectivity index (χ4n) is 2.02. The van der Waals surface area contributed by atoms with Gasteiger partial charge in [-0.1, -0.05) is 12.1 Å². The maximum atomic E-state index is 11.7. The molecule has 20 heavy (non-hydrogen) atoms. The smallest absolute Gasteiger partial charge is 0.244 e. The molecule has 108 valence electrons. The van der Waals surface area contributed by atoms with Crippen molar-refractivity contribution in [3.63, 3.8) is 0 Å². The van der Waals surface area contributed by atoms with Gasteiger partial charge in [-0.2, -0.15) is 0 Å². The molecule has 0 unspecified atom stereocenters. The summed E-state index contributed by atoms with van der Waals surface area (Å²) < 4.78 is 4.98. The van der Waals surface area contributed by atoms with E-state index in [9.17, 15) is 4.79 Å². The second-order valence-corrected chi connectivity index (χ2v) is 4.35. The number of hydrogen-bond acceptors (Lipinski definition) is 4. The Labute approximate surface area is 117 Å². The van der Waals surface area contributed by atoms with E-state index in [4.69, 9.17) is 10.6 Å². The number of para-hydroxylation sites is 2. The minimum absolute atomic E-state index is 0.0939. The highest BCUT2D eigenvalue weighted by Crippen LogP contribution is 2.28. The van der Waals surface area contributed by atoms with Gasteiger partial charge in [0.1, 0.15) is 6.54 Å². The number of anilines is 2. The molecule has 1 aromatic carbocycles. The van der Waals surface area contributed by atoms with E-state index in [1.165, 1.54) is 0 Å². The Kier molecular flexibility index (Phi) is 4.91. The molecule has 1 aliphatic rings. The van der Waals surface area contributed by atoms with Gasteiger partial charge < -0.3 is 15.0 Å². The number of benzene rings is 1.